The molecule has 3 aromatic carbocycles. The lowest BCUT2D eigenvalue weighted by Crippen LogP contribution is -2.42. The van der Waals surface area contributed by atoms with Gasteiger partial charge in [0.25, 0.3) is 10.0 Å². The molecule has 0 bridgehead atoms. The van der Waals surface area contributed by atoms with Gasteiger partial charge in [0.05, 0.1) is 17.7 Å². The number of para-hydroxylation sites is 3. The first kappa shape index (κ1) is 21.3. The van der Waals surface area contributed by atoms with Gasteiger partial charge in [0.15, 0.2) is 0 Å². The molecule has 1 amide bonds. The maximum atomic E-state index is 13.4. The van der Waals surface area contributed by atoms with Gasteiger partial charge >= 0.3 is 0 Å². The number of carbonyl (C=O) groups is 1. The van der Waals surface area contributed by atoms with E-state index in [0.717, 1.165) is 16.4 Å². The fraction of sp³-hybridized carbons (Fsp3) is 0.136. The number of sulfonamides is 1. The van der Waals surface area contributed by atoms with Gasteiger partial charge < -0.3 is 9.64 Å². The summed E-state index contributed by atoms with van der Waals surface area (Å²) in [4.78, 5) is 14.2. The SMILES string of the molecule is COc1ccccc1N(CC(=O)N(C)c1ccccc1)S(=O)(=O)c1ccc(F)cc1. The largest absolute Gasteiger partial charge is 0.495 e. The molecule has 3 rings (SSSR count). The summed E-state index contributed by atoms with van der Waals surface area (Å²) in [5.41, 5.74) is 0.834. The minimum Gasteiger partial charge on any atom is -0.495 e. The predicted molar refractivity (Wildman–Crippen MR) is 114 cm³/mol. The Morgan fingerprint density at radius 2 is 1.53 bits per heavy atom. The van der Waals surface area contributed by atoms with Crippen LogP contribution in [0.25, 0.3) is 0 Å². The van der Waals surface area contributed by atoms with Gasteiger partial charge in [0.2, 0.25) is 5.91 Å². The summed E-state index contributed by atoms with van der Waals surface area (Å²) in [6.45, 7) is -0.467. The number of amides is 1. The van der Waals surface area contributed by atoms with Gasteiger partial charge in [-0.1, -0.05) is 30.3 Å². The van der Waals surface area contributed by atoms with Crippen LogP contribution in [-0.4, -0.2) is 35.0 Å². The number of benzene rings is 3. The lowest BCUT2D eigenvalue weighted by atomic mass is 10.2. The first-order valence-corrected chi connectivity index (χ1v) is 10.5. The number of ether oxygens (including phenoxy) is 1. The zero-order valence-corrected chi connectivity index (χ0v) is 17.3. The maximum absolute atomic E-state index is 13.4. The Morgan fingerprint density at radius 3 is 2.17 bits per heavy atom. The summed E-state index contributed by atoms with van der Waals surface area (Å²) >= 11 is 0. The third-order valence-corrected chi connectivity index (χ3v) is 6.33. The molecule has 0 aliphatic rings. The van der Waals surface area contributed by atoms with E-state index in [1.165, 1.54) is 24.1 Å². The Bertz CT molecular complexity index is 1120. The van der Waals surface area contributed by atoms with E-state index in [1.54, 1.807) is 55.6 Å². The number of nitrogens with zero attached hydrogens (tertiary/aromatic N) is 2. The highest BCUT2D eigenvalue weighted by Crippen LogP contribution is 2.32. The molecule has 0 fully saturated rings. The van der Waals surface area contributed by atoms with Crippen LogP contribution in [0, 0.1) is 5.82 Å². The van der Waals surface area contributed by atoms with Gasteiger partial charge in [-0.25, -0.2) is 12.8 Å². The Kier molecular flexibility index (Phi) is 6.37. The zero-order chi connectivity index (χ0) is 21.7. The second kappa shape index (κ2) is 8.96. The van der Waals surface area contributed by atoms with Gasteiger partial charge in [-0.05, 0) is 48.5 Å². The van der Waals surface area contributed by atoms with Crippen molar-refractivity contribution in [3.63, 3.8) is 0 Å². The van der Waals surface area contributed by atoms with E-state index in [4.69, 9.17) is 4.74 Å². The van der Waals surface area contributed by atoms with Crippen molar-refractivity contribution in [1.82, 2.24) is 0 Å². The second-order valence-corrected chi connectivity index (χ2v) is 8.29. The van der Waals surface area contributed by atoms with Crippen LogP contribution in [0.5, 0.6) is 5.75 Å². The van der Waals surface area contributed by atoms with E-state index in [2.05, 4.69) is 0 Å². The molecule has 0 heterocycles. The monoisotopic (exact) mass is 428 g/mol. The molecule has 6 nitrogen and oxygen atoms in total. The molecule has 0 aromatic heterocycles. The van der Waals surface area contributed by atoms with Crippen LogP contribution in [-0.2, 0) is 14.8 Å². The highest BCUT2D eigenvalue weighted by atomic mass is 32.2. The van der Waals surface area contributed by atoms with Crippen LogP contribution in [0.3, 0.4) is 0 Å². The highest BCUT2D eigenvalue weighted by molar-refractivity contribution is 7.92. The van der Waals surface area contributed by atoms with E-state index in [0.29, 0.717) is 11.4 Å². The molecule has 0 N–H and O–H groups in total. The van der Waals surface area contributed by atoms with Crippen molar-refractivity contribution >= 4 is 27.3 Å². The van der Waals surface area contributed by atoms with E-state index in [9.17, 15) is 17.6 Å². The second-order valence-electron chi connectivity index (χ2n) is 6.43. The van der Waals surface area contributed by atoms with Gasteiger partial charge in [-0.2, -0.15) is 0 Å². The highest BCUT2D eigenvalue weighted by Gasteiger charge is 2.30. The number of anilines is 2. The van der Waals surface area contributed by atoms with Crippen LogP contribution in [0.4, 0.5) is 15.8 Å². The van der Waals surface area contributed by atoms with E-state index < -0.39 is 28.3 Å². The van der Waals surface area contributed by atoms with Gasteiger partial charge in [0.1, 0.15) is 18.1 Å². The van der Waals surface area contributed by atoms with Crippen LogP contribution in [0.15, 0.2) is 83.8 Å². The minimum absolute atomic E-state index is 0.134. The van der Waals surface area contributed by atoms with E-state index >= 15 is 0 Å². The molecule has 0 saturated heterocycles. The van der Waals surface area contributed by atoms with E-state index in [1.807, 2.05) is 6.07 Å². The summed E-state index contributed by atoms with van der Waals surface area (Å²) in [7, 11) is -1.19. The standard InChI is InChI=1S/C22H21FN2O4S/c1-24(18-8-4-3-5-9-18)22(26)16-25(20-10-6-7-11-21(20)29-2)30(27,28)19-14-12-17(23)13-15-19/h3-15H,16H2,1-2H3. The lowest BCUT2D eigenvalue weighted by Gasteiger charge is -2.27. The molecule has 0 radical (unpaired) electrons. The Balaban J connectivity index is 2.04. The van der Waals surface area contributed by atoms with Gasteiger partial charge in [0, 0.05) is 12.7 Å². The molecule has 0 atom stereocenters. The molecular weight excluding hydrogens is 407 g/mol. The number of halogens is 1. The normalized spacial score (nSPS) is 11.0. The van der Waals surface area contributed by atoms with Crippen molar-refractivity contribution in [1.29, 1.82) is 0 Å². The molecular formula is C22H21FN2O4S. The summed E-state index contributed by atoms with van der Waals surface area (Å²) in [5, 5.41) is 0. The smallest absolute Gasteiger partial charge is 0.264 e. The fourth-order valence-electron chi connectivity index (χ4n) is 2.89. The van der Waals surface area contributed by atoms with Crippen LogP contribution >= 0.6 is 0 Å². The van der Waals surface area contributed by atoms with Gasteiger partial charge in [-0.3, -0.25) is 9.10 Å². The molecule has 30 heavy (non-hydrogen) atoms. The Morgan fingerprint density at radius 1 is 0.933 bits per heavy atom. The fourth-order valence-corrected chi connectivity index (χ4v) is 4.32. The molecule has 0 aliphatic carbocycles. The van der Waals surface area contributed by atoms with Crippen molar-refractivity contribution in [3.05, 3.63) is 84.7 Å². The van der Waals surface area contributed by atoms with Crippen LogP contribution < -0.4 is 13.9 Å². The molecule has 0 spiro atoms. The quantitative estimate of drug-likeness (QED) is 0.576. The zero-order valence-electron chi connectivity index (χ0n) is 16.5. The van der Waals surface area contributed by atoms with Crippen molar-refractivity contribution in [3.8, 4) is 5.75 Å². The average Bonchev–Trinajstić information content (AvgIpc) is 2.77. The maximum Gasteiger partial charge on any atom is 0.264 e. The predicted octanol–water partition coefficient (Wildman–Crippen LogP) is 3.69. The molecule has 8 heteroatoms. The molecule has 0 saturated carbocycles. The average molecular weight is 428 g/mol. The third-order valence-electron chi connectivity index (χ3n) is 4.55. The van der Waals surface area contributed by atoms with Crippen LogP contribution in [0.2, 0.25) is 0 Å². The van der Waals surface area contributed by atoms with Crippen LogP contribution in [0.1, 0.15) is 0 Å². The summed E-state index contributed by atoms with van der Waals surface area (Å²) in [5.74, 6) is -0.714. The number of rotatable bonds is 7. The first-order chi connectivity index (χ1) is 14.3. The number of methoxy groups -OCH3 is 1. The summed E-state index contributed by atoms with van der Waals surface area (Å²) < 4.78 is 46.4. The number of hydrogen-bond donors (Lipinski definition) is 0. The lowest BCUT2D eigenvalue weighted by molar-refractivity contribution is -0.116. The number of carbonyl (C=O) groups excluding carboxylic acids is 1. The molecule has 0 unspecified atom stereocenters. The van der Waals surface area contributed by atoms with Crippen molar-refractivity contribution < 1.29 is 22.3 Å². The topological polar surface area (TPSA) is 66.9 Å². The molecule has 0 aliphatic heterocycles. The Hall–Kier alpha value is -3.39. The summed E-state index contributed by atoms with van der Waals surface area (Å²) in [6.07, 6.45) is 0. The van der Waals surface area contributed by atoms with E-state index in [-0.39, 0.29) is 10.6 Å². The third kappa shape index (κ3) is 4.44. The van der Waals surface area contributed by atoms with Crippen molar-refractivity contribution in [2.24, 2.45) is 0 Å². The first-order valence-electron chi connectivity index (χ1n) is 9.07. The summed E-state index contributed by atoms with van der Waals surface area (Å²) in [6, 6.07) is 19.8. The number of hydrogen-bond acceptors (Lipinski definition) is 4. The minimum atomic E-state index is -4.18. The number of likely N-dealkylation sites (N-methyl/N-ethyl adjacent to an activating group) is 1. The van der Waals surface area contributed by atoms with Gasteiger partial charge in [-0.15, -0.1) is 0 Å². The Labute approximate surface area is 175 Å². The molecule has 156 valence electrons. The van der Waals surface area contributed by atoms with Crippen molar-refractivity contribution in [2.45, 2.75) is 4.90 Å². The molecule has 3 aromatic rings. The van der Waals surface area contributed by atoms with Crippen molar-refractivity contribution in [2.75, 3.05) is 29.9 Å².